The number of amides is 1. The van der Waals surface area contributed by atoms with Crippen LogP contribution in [-0.4, -0.2) is 19.0 Å². The van der Waals surface area contributed by atoms with E-state index in [9.17, 15) is 4.79 Å². The Bertz CT molecular complexity index is 243. The summed E-state index contributed by atoms with van der Waals surface area (Å²) in [7, 11) is 0. The Labute approximate surface area is 106 Å². The van der Waals surface area contributed by atoms with Gasteiger partial charge in [-0.1, -0.05) is 26.2 Å². The van der Waals surface area contributed by atoms with Gasteiger partial charge in [-0.15, -0.1) is 0 Å². The third-order valence-corrected chi connectivity index (χ3v) is 4.22. The lowest BCUT2D eigenvalue weighted by Gasteiger charge is -2.29. The van der Waals surface area contributed by atoms with Crippen molar-refractivity contribution in [3.8, 4) is 0 Å². The molecule has 3 heteroatoms. The number of rotatable bonds is 5. The highest BCUT2D eigenvalue weighted by Crippen LogP contribution is 2.30. The molecule has 0 aromatic heterocycles. The van der Waals surface area contributed by atoms with E-state index in [-0.39, 0.29) is 5.91 Å². The molecule has 1 rings (SSSR count). The van der Waals surface area contributed by atoms with E-state index in [4.69, 9.17) is 5.73 Å². The van der Waals surface area contributed by atoms with E-state index in [1.165, 1.54) is 32.1 Å². The highest BCUT2D eigenvalue weighted by molar-refractivity contribution is 5.81. The fourth-order valence-electron chi connectivity index (χ4n) is 2.41. The third-order valence-electron chi connectivity index (χ3n) is 4.22. The first-order valence-corrected chi connectivity index (χ1v) is 6.98. The van der Waals surface area contributed by atoms with Crippen LogP contribution in [0.25, 0.3) is 0 Å². The van der Waals surface area contributed by atoms with Crippen molar-refractivity contribution in [3.05, 3.63) is 0 Å². The molecule has 0 aliphatic heterocycles. The molecule has 100 valence electrons. The minimum atomic E-state index is -0.430. The van der Waals surface area contributed by atoms with Crippen LogP contribution >= 0.6 is 0 Å². The minimum absolute atomic E-state index is 0.0950. The van der Waals surface area contributed by atoms with E-state index < -0.39 is 5.41 Å². The first-order chi connectivity index (χ1) is 7.99. The van der Waals surface area contributed by atoms with E-state index in [0.717, 1.165) is 12.5 Å². The Morgan fingerprint density at radius 1 is 1.24 bits per heavy atom. The molecule has 0 spiro atoms. The molecule has 0 radical (unpaired) electrons. The molecule has 0 atom stereocenters. The summed E-state index contributed by atoms with van der Waals surface area (Å²) in [6.07, 6.45) is 6.50. The Morgan fingerprint density at radius 3 is 2.24 bits per heavy atom. The van der Waals surface area contributed by atoms with Crippen LogP contribution in [0.3, 0.4) is 0 Å². The molecule has 0 aromatic carbocycles. The lowest BCUT2D eigenvalue weighted by Crippen LogP contribution is -2.43. The van der Waals surface area contributed by atoms with Gasteiger partial charge < -0.3 is 11.1 Å². The van der Waals surface area contributed by atoms with Crippen molar-refractivity contribution in [3.63, 3.8) is 0 Å². The molecule has 0 unspecified atom stereocenters. The van der Waals surface area contributed by atoms with Crippen LogP contribution in [0.5, 0.6) is 0 Å². The lowest BCUT2D eigenvalue weighted by molar-refractivity contribution is -0.129. The van der Waals surface area contributed by atoms with Crippen LogP contribution in [0.4, 0.5) is 0 Å². The molecule has 0 aromatic rings. The maximum Gasteiger partial charge on any atom is 0.226 e. The van der Waals surface area contributed by atoms with Crippen LogP contribution in [-0.2, 0) is 4.79 Å². The quantitative estimate of drug-likeness (QED) is 0.774. The topological polar surface area (TPSA) is 55.1 Å². The average Bonchev–Trinajstić information content (AvgIpc) is 2.36. The van der Waals surface area contributed by atoms with Crippen LogP contribution in [0.2, 0.25) is 0 Å². The first-order valence-electron chi connectivity index (χ1n) is 6.98. The predicted molar refractivity (Wildman–Crippen MR) is 71.6 cm³/mol. The van der Waals surface area contributed by atoms with Crippen molar-refractivity contribution in [1.82, 2.24) is 5.32 Å². The molecule has 1 aliphatic rings. The lowest BCUT2D eigenvalue weighted by atomic mass is 9.80. The highest BCUT2D eigenvalue weighted by Gasteiger charge is 2.27. The summed E-state index contributed by atoms with van der Waals surface area (Å²) in [6.45, 7) is 7.31. The summed E-state index contributed by atoms with van der Waals surface area (Å²) < 4.78 is 0. The molecule has 0 bridgehead atoms. The van der Waals surface area contributed by atoms with Gasteiger partial charge in [-0.3, -0.25) is 4.79 Å². The summed E-state index contributed by atoms with van der Waals surface area (Å²) in [5.41, 5.74) is 5.16. The normalized spacial score (nSPS) is 25.6. The molecule has 3 N–H and O–H groups in total. The molecule has 1 fully saturated rings. The molecule has 0 saturated heterocycles. The number of nitrogens with one attached hydrogen (secondary N) is 1. The summed E-state index contributed by atoms with van der Waals surface area (Å²) in [5.74, 6) is 1.69. The highest BCUT2D eigenvalue weighted by atomic mass is 16.2. The van der Waals surface area contributed by atoms with E-state index in [2.05, 4.69) is 12.2 Å². The summed E-state index contributed by atoms with van der Waals surface area (Å²) >= 11 is 0. The van der Waals surface area contributed by atoms with Gasteiger partial charge in [0, 0.05) is 13.1 Å². The number of nitrogens with two attached hydrogens (primary N) is 1. The molecule has 1 aliphatic carbocycles. The van der Waals surface area contributed by atoms with Crippen molar-refractivity contribution in [2.45, 2.75) is 52.9 Å². The molecule has 1 amide bonds. The third kappa shape index (κ3) is 4.30. The number of hydrogen-bond acceptors (Lipinski definition) is 2. The van der Waals surface area contributed by atoms with E-state index >= 15 is 0 Å². The number of carbonyl (C=O) groups excluding carboxylic acids is 1. The largest absolute Gasteiger partial charge is 0.355 e. The first kappa shape index (κ1) is 14.5. The Balaban J connectivity index is 2.26. The van der Waals surface area contributed by atoms with E-state index in [1.807, 2.05) is 13.8 Å². The fourth-order valence-corrected chi connectivity index (χ4v) is 2.41. The van der Waals surface area contributed by atoms with Crippen molar-refractivity contribution in [2.75, 3.05) is 13.1 Å². The summed E-state index contributed by atoms with van der Waals surface area (Å²) in [5, 5.41) is 3.06. The second-order valence-electron chi connectivity index (χ2n) is 6.09. The smallest absolute Gasteiger partial charge is 0.226 e. The monoisotopic (exact) mass is 240 g/mol. The maximum absolute atomic E-state index is 11.9. The van der Waals surface area contributed by atoms with E-state index in [0.29, 0.717) is 12.5 Å². The Morgan fingerprint density at radius 2 is 1.76 bits per heavy atom. The van der Waals surface area contributed by atoms with Gasteiger partial charge >= 0.3 is 0 Å². The van der Waals surface area contributed by atoms with Crippen LogP contribution in [0, 0.1) is 17.3 Å². The van der Waals surface area contributed by atoms with E-state index in [1.54, 1.807) is 0 Å². The molecule has 0 heterocycles. The van der Waals surface area contributed by atoms with Gasteiger partial charge in [0.2, 0.25) is 5.91 Å². The van der Waals surface area contributed by atoms with Crippen molar-refractivity contribution in [1.29, 1.82) is 0 Å². The number of carbonyl (C=O) groups is 1. The van der Waals surface area contributed by atoms with Crippen LogP contribution < -0.4 is 11.1 Å². The van der Waals surface area contributed by atoms with Gasteiger partial charge in [-0.25, -0.2) is 0 Å². The Kier molecular flexibility index (Phi) is 5.44. The molecular formula is C14H28N2O. The molecule has 1 saturated carbocycles. The zero-order chi connectivity index (χ0) is 12.9. The SMILES string of the molecule is CCC1CCC(CNC(=O)C(C)(C)CN)CC1. The average molecular weight is 240 g/mol. The zero-order valence-electron chi connectivity index (χ0n) is 11.6. The molecular weight excluding hydrogens is 212 g/mol. The van der Waals surface area contributed by atoms with Gasteiger partial charge in [0.1, 0.15) is 0 Å². The van der Waals surface area contributed by atoms with Gasteiger partial charge in [0.15, 0.2) is 0 Å². The van der Waals surface area contributed by atoms with Crippen molar-refractivity contribution >= 4 is 5.91 Å². The number of hydrogen-bond donors (Lipinski definition) is 2. The summed E-state index contributed by atoms with van der Waals surface area (Å²) in [4.78, 5) is 11.9. The second kappa shape index (κ2) is 6.39. The second-order valence-corrected chi connectivity index (χ2v) is 6.09. The maximum atomic E-state index is 11.9. The van der Waals surface area contributed by atoms with Crippen LogP contribution in [0.15, 0.2) is 0 Å². The van der Waals surface area contributed by atoms with Gasteiger partial charge in [0.05, 0.1) is 5.41 Å². The predicted octanol–water partition coefficient (Wildman–Crippen LogP) is 2.30. The minimum Gasteiger partial charge on any atom is -0.355 e. The molecule has 3 nitrogen and oxygen atoms in total. The summed E-state index contributed by atoms with van der Waals surface area (Å²) in [6, 6.07) is 0. The zero-order valence-corrected chi connectivity index (χ0v) is 11.6. The standard InChI is InChI=1S/C14H28N2O/c1-4-11-5-7-12(8-6-11)9-16-13(17)14(2,3)10-15/h11-12H,4-10,15H2,1-3H3,(H,16,17). The van der Waals surface area contributed by atoms with Gasteiger partial charge in [-0.2, -0.15) is 0 Å². The van der Waals surface area contributed by atoms with Crippen LogP contribution in [0.1, 0.15) is 52.9 Å². The van der Waals surface area contributed by atoms with Gasteiger partial charge in [-0.05, 0) is 38.5 Å². The molecule has 17 heavy (non-hydrogen) atoms. The van der Waals surface area contributed by atoms with Gasteiger partial charge in [0.25, 0.3) is 0 Å². The van der Waals surface area contributed by atoms with Crippen molar-refractivity contribution < 1.29 is 4.79 Å². The van der Waals surface area contributed by atoms with Crippen molar-refractivity contribution in [2.24, 2.45) is 23.0 Å². The Hall–Kier alpha value is -0.570. The fraction of sp³-hybridized carbons (Fsp3) is 0.929.